The highest BCUT2D eigenvalue weighted by Gasteiger charge is 2.24. The minimum atomic E-state index is -0.348. The van der Waals surface area contributed by atoms with E-state index in [1.807, 2.05) is 26.0 Å². The molecular weight excluding hydrogens is 506 g/mol. The summed E-state index contributed by atoms with van der Waals surface area (Å²) >= 11 is 8.06. The second-order valence-corrected chi connectivity index (χ2v) is 9.80. The Labute approximate surface area is 222 Å². The molecule has 8 heteroatoms. The molecule has 3 rings (SSSR count). The highest BCUT2D eigenvalue weighted by molar-refractivity contribution is 7.16. The fourth-order valence-corrected chi connectivity index (χ4v) is 5.18. The third-order valence-corrected chi connectivity index (χ3v) is 7.02. The number of aromatic nitrogens is 1. The maximum Gasteiger partial charge on any atom is 0.184 e. The van der Waals surface area contributed by atoms with Gasteiger partial charge in [-0.1, -0.05) is 43.0 Å². The summed E-state index contributed by atoms with van der Waals surface area (Å²) in [4.78, 5) is 5.83. The average Bonchev–Trinajstić information content (AvgIpc) is 3.18. The largest absolute Gasteiger partial charge is 0.496 e. The smallest absolute Gasteiger partial charge is 0.184 e. The Hall–Kier alpha value is -2.30. The standard InChI is InChI=1S/C27H30ClFN2O2S.ClH/c1-7-9-20(18-10-11-19(15-32-5)23(29)13-18)24(8-2)30-27-31-26(17(4)34-27)21-12-16(3)25(33-6)14-22(21)28;/h2,10-14,20,24H,7,9,15H2,1,3-6H3,(H,30,31);1H. The lowest BCUT2D eigenvalue weighted by molar-refractivity contribution is 0.181. The van der Waals surface area contributed by atoms with Gasteiger partial charge in [0.2, 0.25) is 0 Å². The number of terminal acetylenes is 1. The third kappa shape index (κ3) is 6.68. The van der Waals surface area contributed by atoms with E-state index in [1.165, 1.54) is 11.3 Å². The fourth-order valence-electron chi connectivity index (χ4n) is 4.07. The quantitative estimate of drug-likeness (QED) is 0.268. The first-order valence-electron chi connectivity index (χ1n) is 11.1. The minimum Gasteiger partial charge on any atom is -0.496 e. The van der Waals surface area contributed by atoms with E-state index in [0.29, 0.717) is 15.7 Å². The molecule has 1 aromatic heterocycles. The molecule has 0 aliphatic heterocycles. The van der Waals surface area contributed by atoms with Gasteiger partial charge in [-0.15, -0.1) is 30.2 Å². The van der Waals surface area contributed by atoms with Crippen molar-refractivity contribution in [3.05, 3.63) is 62.7 Å². The topological polar surface area (TPSA) is 43.4 Å². The Morgan fingerprint density at radius 2 is 1.97 bits per heavy atom. The van der Waals surface area contributed by atoms with Gasteiger partial charge in [0.1, 0.15) is 11.6 Å². The van der Waals surface area contributed by atoms with Crippen LogP contribution in [0.4, 0.5) is 9.52 Å². The van der Waals surface area contributed by atoms with E-state index in [1.54, 1.807) is 32.4 Å². The van der Waals surface area contributed by atoms with Gasteiger partial charge in [-0.05, 0) is 49.6 Å². The molecule has 188 valence electrons. The highest BCUT2D eigenvalue weighted by atomic mass is 35.5. The lowest BCUT2D eigenvalue weighted by atomic mass is 9.87. The second kappa shape index (κ2) is 13.1. The van der Waals surface area contributed by atoms with Crippen molar-refractivity contribution >= 4 is 40.5 Å². The van der Waals surface area contributed by atoms with Crippen LogP contribution in [-0.4, -0.2) is 25.2 Å². The van der Waals surface area contributed by atoms with Crippen LogP contribution in [0.1, 0.15) is 47.3 Å². The van der Waals surface area contributed by atoms with Crippen LogP contribution in [0.25, 0.3) is 11.3 Å². The first kappa shape index (κ1) is 28.9. The Morgan fingerprint density at radius 1 is 1.23 bits per heavy atom. The SMILES string of the molecule is C#CC(Nc1nc(-c2cc(C)c(OC)cc2Cl)c(C)s1)C(CCC)c1ccc(COC)c(F)c1.Cl. The summed E-state index contributed by atoms with van der Waals surface area (Å²) in [5, 5.41) is 4.70. The first-order valence-corrected chi connectivity index (χ1v) is 12.3. The summed E-state index contributed by atoms with van der Waals surface area (Å²) in [7, 11) is 3.17. The van der Waals surface area contributed by atoms with Gasteiger partial charge in [0.25, 0.3) is 0 Å². The molecule has 4 nitrogen and oxygen atoms in total. The Balaban J connectivity index is 0.00000432. The first-order chi connectivity index (χ1) is 16.3. The van der Waals surface area contributed by atoms with Crippen molar-refractivity contribution in [2.75, 3.05) is 19.5 Å². The van der Waals surface area contributed by atoms with Crippen molar-refractivity contribution in [1.29, 1.82) is 0 Å². The number of ether oxygens (including phenoxy) is 2. The van der Waals surface area contributed by atoms with E-state index in [2.05, 4.69) is 18.2 Å². The maximum absolute atomic E-state index is 14.6. The van der Waals surface area contributed by atoms with Crippen LogP contribution in [-0.2, 0) is 11.3 Å². The van der Waals surface area contributed by atoms with Crippen molar-refractivity contribution in [2.45, 2.75) is 52.2 Å². The van der Waals surface area contributed by atoms with E-state index >= 15 is 0 Å². The predicted octanol–water partition coefficient (Wildman–Crippen LogP) is 7.79. The number of hydrogen-bond donors (Lipinski definition) is 1. The van der Waals surface area contributed by atoms with Gasteiger partial charge in [0.15, 0.2) is 5.13 Å². The highest BCUT2D eigenvalue weighted by Crippen LogP contribution is 2.39. The number of thiazole rings is 1. The van der Waals surface area contributed by atoms with E-state index in [9.17, 15) is 4.39 Å². The molecule has 0 radical (unpaired) electrons. The van der Waals surface area contributed by atoms with Gasteiger partial charge in [-0.25, -0.2) is 9.37 Å². The molecule has 1 heterocycles. The number of nitrogens with zero attached hydrogens (tertiary/aromatic N) is 1. The van der Waals surface area contributed by atoms with E-state index in [-0.39, 0.29) is 36.8 Å². The van der Waals surface area contributed by atoms with Crippen molar-refractivity contribution < 1.29 is 13.9 Å². The van der Waals surface area contributed by atoms with Crippen LogP contribution < -0.4 is 10.1 Å². The van der Waals surface area contributed by atoms with Crippen LogP contribution in [0.5, 0.6) is 5.75 Å². The molecule has 1 N–H and O–H groups in total. The van der Waals surface area contributed by atoms with Crippen molar-refractivity contribution in [3.8, 4) is 29.4 Å². The van der Waals surface area contributed by atoms with Gasteiger partial charge in [0, 0.05) is 29.0 Å². The molecule has 0 aliphatic carbocycles. The van der Waals surface area contributed by atoms with Crippen LogP contribution in [0.2, 0.25) is 5.02 Å². The number of rotatable bonds is 10. The number of anilines is 1. The van der Waals surface area contributed by atoms with Crippen LogP contribution in [0.3, 0.4) is 0 Å². The van der Waals surface area contributed by atoms with Gasteiger partial charge in [-0.3, -0.25) is 0 Å². The summed E-state index contributed by atoms with van der Waals surface area (Å²) in [5.74, 6) is 3.24. The number of nitrogens with one attached hydrogen (secondary N) is 1. The zero-order chi connectivity index (χ0) is 24.8. The predicted molar refractivity (Wildman–Crippen MR) is 147 cm³/mol. The van der Waals surface area contributed by atoms with Crippen molar-refractivity contribution in [1.82, 2.24) is 4.98 Å². The van der Waals surface area contributed by atoms with Gasteiger partial charge >= 0.3 is 0 Å². The molecule has 0 saturated carbocycles. The van der Waals surface area contributed by atoms with Gasteiger partial charge in [-0.2, -0.15) is 0 Å². The summed E-state index contributed by atoms with van der Waals surface area (Å²) < 4.78 is 25.1. The normalized spacial score (nSPS) is 12.4. The van der Waals surface area contributed by atoms with Crippen LogP contribution in [0.15, 0.2) is 30.3 Å². The third-order valence-electron chi connectivity index (χ3n) is 5.80. The number of methoxy groups -OCH3 is 2. The number of benzene rings is 2. The fraction of sp³-hybridized carbons (Fsp3) is 0.370. The van der Waals surface area contributed by atoms with Crippen LogP contribution >= 0.6 is 35.3 Å². The van der Waals surface area contributed by atoms with Gasteiger partial charge in [0.05, 0.1) is 30.5 Å². The molecule has 0 spiro atoms. The lowest BCUT2D eigenvalue weighted by Crippen LogP contribution is -2.26. The van der Waals surface area contributed by atoms with Crippen molar-refractivity contribution in [3.63, 3.8) is 0 Å². The van der Waals surface area contributed by atoms with Gasteiger partial charge < -0.3 is 14.8 Å². The maximum atomic E-state index is 14.6. The Bertz CT molecular complexity index is 1190. The molecule has 0 saturated heterocycles. The van der Waals surface area contributed by atoms with E-state index in [4.69, 9.17) is 32.5 Å². The molecule has 0 aliphatic rings. The van der Waals surface area contributed by atoms with E-state index in [0.717, 1.165) is 45.9 Å². The molecule has 0 amide bonds. The summed E-state index contributed by atoms with van der Waals surface area (Å²) in [6.07, 6.45) is 7.68. The molecule has 2 atom stereocenters. The summed E-state index contributed by atoms with van der Waals surface area (Å²) in [5.41, 5.74) is 4.02. The Morgan fingerprint density at radius 3 is 2.57 bits per heavy atom. The molecule has 3 aromatic rings. The van der Waals surface area contributed by atoms with Crippen LogP contribution in [0, 0.1) is 32.0 Å². The average molecular weight is 538 g/mol. The van der Waals surface area contributed by atoms with Crippen molar-refractivity contribution in [2.24, 2.45) is 0 Å². The zero-order valence-corrected chi connectivity index (χ0v) is 23.0. The number of hydrogen-bond acceptors (Lipinski definition) is 5. The number of halogens is 3. The minimum absolute atomic E-state index is 0. The molecule has 35 heavy (non-hydrogen) atoms. The molecule has 0 bridgehead atoms. The monoisotopic (exact) mass is 536 g/mol. The zero-order valence-electron chi connectivity index (χ0n) is 20.6. The summed E-state index contributed by atoms with van der Waals surface area (Å²) in [6.45, 7) is 6.30. The molecule has 2 unspecified atom stereocenters. The lowest BCUT2D eigenvalue weighted by Gasteiger charge is -2.24. The summed E-state index contributed by atoms with van der Waals surface area (Å²) in [6, 6.07) is 8.71. The molecular formula is C27H31Cl2FN2O2S. The molecule has 2 aromatic carbocycles. The molecule has 0 fully saturated rings. The number of aryl methyl sites for hydroxylation is 2. The van der Waals surface area contributed by atoms with E-state index < -0.39 is 0 Å². The Kier molecular flexibility index (Phi) is 10.9. The second-order valence-electron chi connectivity index (χ2n) is 8.19.